The van der Waals surface area contributed by atoms with Crippen molar-refractivity contribution in [2.45, 2.75) is 50.7 Å². The molecular weight excluding hydrogens is 436 g/mol. The zero-order valence-electron chi connectivity index (χ0n) is 19.8. The summed E-state index contributed by atoms with van der Waals surface area (Å²) in [6.45, 7) is 6.57. The van der Waals surface area contributed by atoms with Crippen molar-refractivity contribution in [2.75, 3.05) is 33.0 Å². The summed E-state index contributed by atoms with van der Waals surface area (Å²) in [5.41, 5.74) is 3.82. The van der Waals surface area contributed by atoms with Crippen molar-refractivity contribution in [2.24, 2.45) is 0 Å². The molecule has 8 nitrogen and oxygen atoms in total. The fourth-order valence-corrected chi connectivity index (χ4v) is 4.82. The Morgan fingerprint density at radius 1 is 1.15 bits per heavy atom. The van der Waals surface area contributed by atoms with Crippen molar-refractivity contribution >= 4 is 23.4 Å². The number of thioether (sulfide) groups is 1. The third-order valence-electron chi connectivity index (χ3n) is 6.37. The lowest BCUT2D eigenvalue weighted by molar-refractivity contribution is -0.120. The van der Waals surface area contributed by atoms with Crippen LogP contribution in [0, 0.1) is 13.8 Å². The van der Waals surface area contributed by atoms with Crippen LogP contribution in [0.3, 0.4) is 0 Å². The lowest BCUT2D eigenvalue weighted by atomic mass is 10.0. The van der Waals surface area contributed by atoms with E-state index in [4.69, 9.17) is 4.74 Å². The van der Waals surface area contributed by atoms with E-state index in [-0.39, 0.29) is 18.4 Å². The highest BCUT2D eigenvalue weighted by Crippen LogP contribution is 2.26. The van der Waals surface area contributed by atoms with E-state index in [0.717, 1.165) is 35.8 Å². The molecule has 0 saturated carbocycles. The normalized spacial score (nSPS) is 15.5. The van der Waals surface area contributed by atoms with Gasteiger partial charge in [-0.05, 0) is 63.7 Å². The Morgan fingerprint density at radius 2 is 1.88 bits per heavy atom. The minimum absolute atomic E-state index is 0.0110. The number of hydrogen-bond donors (Lipinski definition) is 1. The molecule has 1 saturated heterocycles. The molecule has 33 heavy (non-hydrogen) atoms. The Hall–Kier alpha value is -2.65. The van der Waals surface area contributed by atoms with Crippen LogP contribution in [0.25, 0.3) is 5.78 Å². The van der Waals surface area contributed by atoms with Crippen LogP contribution in [0.15, 0.2) is 29.4 Å². The molecule has 176 valence electrons. The summed E-state index contributed by atoms with van der Waals surface area (Å²) in [6.07, 6.45) is 5.87. The van der Waals surface area contributed by atoms with Crippen LogP contribution in [0.2, 0.25) is 0 Å². The maximum atomic E-state index is 13.0. The second-order valence-electron chi connectivity index (χ2n) is 8.44. The predicted octanol–water partition coefficient (Wildman–Crippen LogP) is 3.36. The first-order chi connectivity index (χ1) is 16.0. The maximum absolute atomic E-state index is 13.0. The smallest absolute Gasteiger partial charge is 0.253 e. The standard InChI is InChI=1S/C24H32N6O2S/c1-16-20(17(2)30-23(26-16)27-24(28-30)33-4)14-22(31)25-15-21(29-12-6-5-7-13-29)18-8-10-19(32-3)11-9-18/h8-11,21H,5-7,12-15H2,1-4H3,(H,25,31)/t21-/m0/s1. The van der Waals surface area contributed by atoms with E-state index in [2.05, 4.69) is 37.4 Å². The highest BCUT2D eigenvalue weighted by Gasteiger charge is 2.23. The number of hydrogen-bond acceptors (Lipinski definition) is 7. The van der Waals surface area contributed by atoms with Crippen molar-refractivity contribution in [1.82, 2.24) is 29.8 Å². The van der Waals surface area contributed by atoms with E-state index in [0.29, 0.717) is 17.5 Å². The molecule has 1 N–H and O–H groups in total. The van der Waals surface area contributed by atoms with Gasteiger partial charge in [0.15, 0.2) is 0 Å². The zero-order valence-corrected chi connectivity index (χ0v) is 20.6. The van der Waals surface area contributed by atoms with Crippen molar-refractivity contribution in [1.29, 1.82) is 0 Å². The number of aromatic nitrogens is 4. The van der Waals surface area contributed by atoms with Gasteiger partial charge in [0.25, 0.3) is 5.78 Å². The van der Waals surface area contributed by atoms with Crippen LogP contribution >= 0.6 is 11.8 Å². The molecule has 1 aliphatic heterocycles. The second kappa shape index (κ2) is 10.5. The first-order valence-electron chi connectivity index (χ1n) is 11.4. The molecule has 2 aromatic heterocycles. The van der Waals surface area contributed by atoms with Crippen LogP contribution in [0.1, 0.15) is 47.8 Å². The van der Waals surface area contributed by atoms with Gasteiger partial charge in [-0.15, -0.1) is 5.10 Å². The van der Waals surface area contributed by atoms with Gasteiger partial charge >= 0.3 is 0 Å². The maximum Gasteiger partial charge on any atom is 0.253 e. The lowest BCUT2D eigenvalue weighted by Crippen LogP contribution is -2.41. The van der Waals surface area contributed by atoms with Crippen molar-refractivity contribution in [3.63, 3.8) is 0 Å². The molecule has 0 radical (unpaired) electrons. The second-order valence-corrected chi connectivity index (χ2v) is 9.21. The first-order valence-corrected chi connectivity index (χ1v) is 12.6. The van der Waals surface area contributed by atoms with E-state index in [1.165, 1.54) is 36.6 Å². The van der Waals surface area contributed by atoms with Crippen LogP contribution in [0.4, 0.5) is 0 Å². The predicted molar refractivity (Wildman–Crippen MR) is 130 cm³/mol. The zero-order chi connectivity index (χ0) is 23.4. The average molecular weight is 469 g/mol. The van der Waals surface area contributed by atoms with Gasteiger partial charge in [0.2, 0.25) is 11.1 Å². The number of nitrogens with zero attached hydrogens (tertiary/aromatic N) is 5. The number of methoxy groups -OCH3 is 1. The largest absolute Gasteiger partial charge is 0.497 e. The summed E-state index contributed by atoms with van der Waals surface area (Å²) in [6, 6.07) is 8.32. The van der Waals surface area contributed by atoms with Gasteiger partial charge in [0.05, 0.1) is 19.6 Å². The number of ether oxygens (including phenoxy) is 1. The summed E-state index contributed by atoms with van der Waals surface area (Å²) >= 11 is 1.48. The molecule has 1 amide bonds. The molecule has 1 atom stereocenters. The Labute approximate surface area is 199 Å². The number of rotatable bonds is 8. The number of piperidine rings is 1. The molecule has 9 heteroatoms. The minimum atomic E-state index is -0.0110. The molecule has 1 aromatic carbocycles. The SMILES string of the molecule is COc1ccc([C@H](CNC(=O)Cc2c(C)nc3nc(SC)nn3c2C)N2CCCCC2)cc1. The van der Waals surface area contributed by atoms with E-state index in [9.17, 15) is 4.79 Å². The van der Waals surface area contributed by atoms with Gasteiger partial charge in [0, 0.05) is 23.5 Å². The number of carbonyl (C=O) groups excluding carboxylic acids is 1. The minimum Gasteiger partial charge on any atom is -0.497 e. The number of nitrogens with one attached hydrogen (secondary N) is 1. The van der Waals surface area contributed by atoms with Gasteiger partial charge in [-0.25, -0.2) is 9.50 Å². The third-order valence-corrected chi connectivity index (χ3v) is 6.91. The van der Waals surface area contributed by atoms with Gasteiger partial charge < -0.3 is 10.1 Å². The fourth-order valence-electron chi connectivity index (χ4n) is 4.48. The van der Waals surface area contributed by atoms with E-state index in [1.54, 1.807) is 11.6 Å². The molecule has 0 unspecified atom stereocenters. The molecule has 3 heterocycles. The van der Waals surface area contributed by atoms with Crippen LogP contribution in [0.5, 0.6) is 5.75 Å². The molecule has 3 aromatic rings. The number of aryl methyl sites for hydroxylation is 2. The monoisotopic (exact) mass is 468 g/mol. The Kier molecular flexibility index (Phi) is 7.49. The van der Waals surface area contributed by atoms with Crippen molar-refractivity contribution in [3.05, 3.63) is 46.8 Å². The third kappa shape index (κ3) is 5.30. The van der Waals surface area contributed by atoms with Crippen LogP contribution in [-0.2, 0) is 11.2 Å². The molecule has 0 aliphatic carbocycles. The lowest BCUT2D eigenvalue weighted by Gasteiger charge is -2.35. The number of benzene rings is 1. The molecule has 0 spiro atoms. The molecule has 0 bridgehead atoms. The molecular formula is C24H32N6O2S. The number of fused-ring (bicyclic) bond motifs is 1. The quantitative estimate of drug-likeness (QED) is 0.508. The highest BCUT2D eigenvalue weighted by atomic mass is 32.2. The Bertz CT molecular complexity index is 1110. The van der Waals surface area contributed by atoms with Crippen LogP contribution < -0.4 is 10.1 Å². The van der Waals surface area contributed by atoms with Gasteiger partial charge in [-0.1, -0.05) is 30.3 Å². The molecule has 1 fully saturated rings. The summed E-state index contributed by atoms with van der Waals surface area (Å²) in [5.74, 6) is 1.40. The summed E-state index contributed by atoms with van der Waals surface area (Å²) < 4.78 is 7.05. The van der Waals surface area contributed by atoms with Crippen molar-refractivity contribution < 1.29 is 9.53 Å². The van der Waals surface area contributed by atoms with Gasteiger partial charge in [0.1, 0.15) is 5.75 Å². The molecule has 1 aliphatic rings. The van der Waals surface area contributed by atoms with E-state index >= 15 is 0 Å². The molecule has 4 rings (SSSR count). The number of likely N-dealkylation sites (tertiary alicyclic amines) is 1. The van der Waals surface area contributed by atoms with E-state index in [1.807, 2.05) is 32.2 Å². The van der Waals surface area contributed by atoms with E-state index < -0.39 is 0 Å². The number of amides is 1. The summed E-state index contributed by atoms with van der Waals surface area (Å²) in [7, 11) is 1.68. The van der Waals surface area contributed by atoms with Gasteiger partial charge in [-0.3, -0.25) is 9.69 Å². The van der Waals surface area contributed by atoms with Gasteiger partial charge in [-0.2, -0.15) is 4.98 Å². The average Bonchev–Trinajstić information content (AvgIpc) is 3.26. The summed E-state index contributed by atoms with van der Waals surface area (Å²) in [4.78, 5) is 24.5. The van der Waals surface area contributed by atoms with Crippen LogP contribution in [-0.4, -0.2) is 63.4 Å². The van der Waals surface area contributed by atoms with Crippen molar-refractivity contribution in [3.8, 4) is 5.75 Å². The highest BCUT2D eigenvalue weighted by molar-refractivity contribution is 7.98. The Morgan fingerprint density at radius 3 is 2.55 bits per heavy atom. The fraction of sp³-hybridized carbons (Fsp3) is 0.500. The Balaban J connectivity index is 1.49. The number of carbonyl (C=O) groups is 1. The summed E-state index contributed by atoms with van der Waals surface area (Å²) in [5, 5.41) is 8.35. The first kappa shape index (κ1) is 23.5. The topological polar surface area (TPSA) is 84.6 Å².